The summed E-state index contributed by atoms with van der Waals surface area (Å²) in [7, 11) is 0. The molecule has 1 aliphatic rings. The highest BCUT2D eigenvalue weighted by Crippen LogP contribution is 2.43. The Hall–Kier alpha value is -1.58. The number of hydrogen-bond donors (Lipinski definition) is 1. The van der Waals surface area contributed by atoms with Crippen molar-refractivity contribution in [2.45, 2.75) is 25.7 Å². The first-order chi connectivity index (χ1) is 7.59. The first-order valence-electron chi connectivity index (χ1n) is 5.27. The van der Waals surface area contributed by atoms with Crippen LogP contribution in [0.1, 0.15) is 25.7 Å². The molecule has 4 nitrogen and oxygen atoms in total. The molecule has 4 heteroatoms. The Morgan fingerprint density at radius 2 is 2.06 bits per heavy atom. The standard InChI is InChI=1S/C12H16O4/c1-3-9-7-5-6-8-12(9,10(13)14)11(15)16-4-2/h3-4,9H,1-2,5-8H2,(H,13,14). The van der Waals surface area contributed by atoms with Crippen LogP contribution < -0.4 is 0 Å². The second kappa shape index (κ2) is 4.96. The number of rotatable bonds is 4. The van der Waals surface area contributed by atoms with Crippen LogP contribution in [-0.2, 0) is 14.3 Å². The van der Waals surface area contributed by atoms with E-state index in [1.165, 1.54) is 6.08 Å². The molecule has 0 aromatic heterocycles. The van der Waals surface area contributed by atoms with Crippen molar-refractivity contribution in [1.82, 2.24) is 0 Å². The lowest BCUT2D eigenvalue weighted by Crippen LogP contribution is -2.47. The van der Waals surface area contributed by atoms with Crippen molar-refractivity contribution in [3.63, 3.8) is 0 Å². The fourth-order valence-electron chi connectivity index (χ4n) is 2.31. The average molecular weight is 224 g/mol. The second-order valence-corrected chi connectivity index (χ2v) is 3.94. The fourth-order valence-corrected chi connectivity index (χ4v) is 2.31. The van der Waals surface area contributed by atoms with Crippen LogP contribution in [0.15, 0.2) is 25.5 Å². The zero-order valence-corrected chi connectivity index (χ0v) is 9.15. The van der Waals surface area contributed by atoms with Gasteiger partial charge in [-0.15, -0.1) is 6.58 Å². The van der Waals surface area contributed by atoms with Gasteiger partial charge in [0.15, 0.2) is 5.41 Å². The van der Waals surface area contributed by atoms with Gasteiger partial charge in [-0.2, -0.15) is 0 Å². The summed E-state index contributed by atoms with van der Waals surface area (Å²) in [5, 5.41) is 9.30. The van der Waals surface area contributed by atoms with E-state index in [4.69, 9.17) is 0 Å². The summed E-state index contributed by atoms with van der Waals surface area (Å²) in [6.45, 7) is 6.88. The number of carbonyl (C=O) groups excluding carboxylic acids is 1. The molecule has 1 saturated carbocycles. The van der Waals surface area contributed by atoms with E-state index < -0.39 is 17.4 Å². The van der Waals surface area contributed by atoms with Crippen molar-refractivity contribution >= 4 is 11.9 Å². The third-order valence-corrected chi connectivity index (χ3v) is 3.19. The number of esters is 1. The normalized spacial score (nSPS) is 29.1. The van der Waals surface area contributed by atoms with Crippen LogP contribution in [0.5, 0.6) is 0 Å². The number of carboxylic acids is 1. The van der Waals surface area contributed by atoms with Gasteiger partial charge in [-0.25, -0.2) is 0 Å². The number of allylic oxidation sites excluding steroid dienone is 1. The van der Waals surface area contributed by atoms with Crippen molar-refractivity contribution in [3.8, 4) is 0 Å². The van der Waals surface area contributed by atoms with E-state index >= 15 is 0 Å². The van der Waals surface area contributed by atoms with E-state index in [1.807, 2.05) is 0 Å². The van der Waals surface area contributed by atoms with E-state index in [-0.39, 0.29) is 5.92 Å². The maximum atomic E-state index is 11.8. The molecule has 1 N–H and O–H groups in total. The number of ether oxygens (including phenoxy) is 1. The lowest BCUT2D eigenvalue weighted by molar-refractivity contribution is -0.171. The molecule has 0 radical (unpaired) electrons. The van der Waals surface area contributed by atoms with Gasteiger partial charge in [-0.3, -0.25) is 9.59 Å². The first kappa shape index (κ1) is 12.5. The minimum atomic E-state index is -1.48. The molecule has 1 rings (SSSR count). The van der Waals surface area contributed by atoms with E-state index in [9.17, 15) is 14.7 Å². The molecule has 2 atom stereocenters. The van der Waals surface area contributed by atoms with Gasteiger partial charge < -0.3 is 9.84 Å². The highest BCUT2D eigenvalue weighted by atomic mass is 16.5. The van der Waals surface area contributed by atoms with Gasteiger partial charge in [0.1, 0.15) is 0 Å². The van der Waals surface area contributed by atoms with Crippen LogP contribution in [0.2, 0.25) is 0 Å². The van der Waals surface area contributed by atoms with Crippen LogP contribution in [0.4, 0.5) is 0 Å². The molecule has 0 heterocycles. The van der Waals surface area contributed by atoms with Crippen molar-refractivity contribution < 1.29 is 19.4 Å². The van der Waals surface area contributed by atoms with Crippen molar-refractivity contribution in [3.05, 3.63) is 25.5 Å². The minimum absolute atomic E-state index is 0.297. The average Bonchev–Trinajstić information content (AvgIpc) is 2.28. The van der Waals surface area contributed by atoms with Crippen molar-refractivity contribution in [1.29, 1.82) is 0 Å². The predicted molar refractivity (Wildman–Crippen MR) is 58.5 cm³/mol. The minimum Gasteiger partial charge on any atom is -0.480 e. The van der Waals surface area contributed by atoms with Gasteiger partial charge >= 0.3 is 11.9 Å². The molecule has 1 aliphatic carbocycles. The summed E-state index contributed by atoms with van der Waals surface area (Å²) in [6, 6.07) is 0. The molecule has 88 valence electrons. The van der Waals surface area contributed by atoms with Crippen molar-refractivity contribution in [2.24, 2.45) is 11.3 Å². The van der Waals surface area contributed by atoms with Crippen molar-refractivity contribution in [2.75, 3.05) is 0 Å². The lowest BCUT2D eigenvalue weighted by Gasteiger charge is -2.36. The Morgan fingerprint density at radius 1 is 1.38 bits per heavy atom. The summed E-state index contributed by atoms with van der Waals surface area (Å²) in [5.41, 5.74) is -1.48. The third kappa shape index (κ3) is 1.87. The van der Waals surface area contributed by atoms with Gasteiger partial charge in [0.2, 0.25) is 0 Å². The smallest absolute Gasteiger partial charge is 0.328 e. The van der Waals surface area contributed by atoms with E-state index in [1.54, 1.807) is 0 Å². The topological polar surface area (TPSA) is 63.6 Å². The molecule has 0 spiro atoms. The number of hydrogen-bond acceptors (Lipinski definition) is 3. The predicted octanol–water partition coefficient (Wildman–Crippen LogP) is 2.12. The third-order valence-electron chi connectivity index (χ3n) is 3.19. The van der Waals surface area contributed by atoms with E-state index in [0.717, 1.165) is 12.7 Å². The quantitative estimate of drug-likeness (QED) is 0.344. The SMILES string of the molecule is C=COC(=O)C1(C(=O)O)CCCCC1C=C. The molecule has 0 aliphatic heterocycles. The lowest BCUT2D eigenvalue weighted by atomic mass is 9.66. The number of aliphatic carboxylic acids is 1. The molecule has 0 aromatic rings. The summed E-state index contributed by atoms with van der Waals surface area (Å²) < 4.78 is 4.67. The van der Waals surface area contributed by atoms with Crippen LogP contribution in [-0.4, -0.2) is 17.0 Å². The Kier molecular flexibility index (Phi) is 3.88. The maximum absolute atomic E-state index is 11.8. The van der Waals surface area contributed by atoms with Gasteiger partial charge in [0.25, 0.3) is 0 Å². The molecule has 0 amide bonds. The highest BCUT2D eigenvalue weighted by molar-refractivity contribution is 6.00. The Bertz CT molecular complexity index is 321. The summed E-state index contributed by atoms with van der Waals surface area (Å²) in [5.74, 6) is -2.24. The molecule has 0 aromatic carbocycles. The number of carbonyl (C=O) groups is 2. The Morgan fingerprint density at radius 3 is 2.56 bits per heavy atom. The molecule has 1 fully saturated rings. The molecule has 2 unspecified atom stereocenters. The van der Waals surface area contributed by atoms with Gasteiger partial charge in [-0.1, -0.05) is 25.5 Å². The molecule has 0 bridgehead atoms. The van der Waals surface area contributed by atoms with Gasteiger partial charge in [0, 0.05) is 5.92 Å². The first-order valence-corrected chi connectivity index (χ1v) is 5.27. The van der Waals surface area contributed by atoms with E-state index in [0.29, 0.717) is 19.3 Å². The molecular weight excluding hydrogens is 208 g/mol. The zero-order valence-electron chi connectivity index (χ0n) is 9.15. The van der Waals surface area contributed by atoms with E-state index in [2.05, 4.69) is 17.9 Å². The van der Waals surface area contributed by atoms with Crippen LogP contribution >= 0.6 is 0 Å². The van der Waals surface area contributed by atoms with Crippen LogP contribution in [0, 0.1) is 11.3 Å². The summed E-state index contributed by atoms with van der Waals surface area (Å²) in [4.78, 5) is 23.2. The van der Waals surface area contributed by atoms with Gasteiger partial charge in [0.05, 0.1) is 6.26 Å². The van der Waals surface area contributed by atoms with Gasteiger partial charge in [-0.05, 0) is 12.8 Å². The molecule has 0 saturated heterocycles. The largest absolute Gasteiger partial charge is 0.480 e. The zero-order chi connectivity index (χ0) is 12.2. The molecular formula is C12H16O4. The maximum Gasteiger partial charge on any atom is 0.328 e. The Labute approximate surface area is 94.6 Å². The molecule has 16 heavy (non-hydrogen) atoms. The summed E-state index contributed by atoms with van der Waals surface area (Å²) in [6.07, 6.45) is 5.09. The second-order valence-electron chi connectivity index (χ2n) is 3.94. The van der Waals surface area contributed by atoms with Crippen LogP contribution in [0.25, 0.3) is 0 Å². The summed E-state index contributed by atoms with van der Waals surface area (Å²) >= 11 is 0. The fraction of sp³-hybridized carbons (Fsp3) is 0.500. The van der Waals surface area contributed by atoms with Crippen LogP contribution in [0.3, 0.4) is 0 Å². The number of carboxylic acid groups (broad SMARTS) is 1. The Balaban J connectivity index is 3.10. The monoisotopic (exact) mass is 224 g/mol. The highest BCUT2D eigenvalue weighted by Gasteiger charge is 2.53.